The molecular formula is C20H22N4O2S. The molecule has 1 unspecified atom stereocenters. The second-order valence-electron chi connectivity index (χ2n) is 6.58. The van der Waals surface area contributed by atoms with Crippen molar-refractivity contribution in [2.75, 3.05) is 18.0 Å². The van der Waals surface area contributed by atoms with E-state index in [0.29, 0.717) is 25.5 Å². The normalized spacial score (nSPS) is 15.2. The Morgan fingerprint density at radius 2 is 2.26 bits per heavy atom. The third kappa shape index (κ3) is 3.74. The quantitative estimate of drug-likeness (QED) is 0.674. The number of thiophene rings is 1. The van der Waals surface area contributed by atoms with Crippen LogP contribution in [0.1, 0.15) is 30.0 Å². The number of benzene rings is 1. The number of aromatic nitrogens is 1. The maximum Gasteiger partial charge on any atom is 0.321 e. The van der Waals surface area contributed by atoms with E-state index in [1.165, 1.54) is 0 Å². The van der Waals surface area contributed by atoms with Gasteiger partial charge in [-0.2, -0.15) is 0 Å². The van der Waals surface area contributed by atoms with E-state index in [4.69, 9.17) is 4.42 Å². The highest BCUT2D eigenvalue weighted by atomic mass is 32.1. The van der Waals surface area contributed by atoms with Gasteiger partial charge in [0.15, 0.2) is 0 Å². The van der Waals surface area contributed by atoms with E-state index in [9.17, 15) is 4.79 Å². The second-order valence-corrected chi connectivity index (χ2v) is 7.53. The lowest BCUT2D eigenvalue weighted by Crippen LogP contribution is -2.28. The first-order chi connectivity index (χ1) is 13.1. The summed E-state index contributed by atoms with van der Waals surface area (Å²) in [5.74, 6) is 1.51. The highest BCUT2D eigenvalue weighted by molar-refractivity contribution is 7.13. The molecule has 3 heterocycles. The smallest absolute Gasteiger partial charge is 0.321 e. The number of carbonyl (C=O) groups is 1. The first-order valence-electron chi connectivity index (χ1n) is 9.00. The van der Waals surface area contributed by atoms with Crippen LogP contribution in [0.25, 0.3) is 10.8 Å². The van der Waals surface area contributed by atoms with Gasteiger partial charge in [0, 0.05) is 31.4 Å². The zero-order valence-electron chi connectivity index (χ0n) is 15.4. The van der Waals surface area contributed by atoms with Gasteiger partial charge >= 0.3 is 6.03 Å². The van der Waals surface area contributed by atoms with Crippen LogP contribution in [0.5, 0.6) is 0 Å². The molecule has 4 rings (SSSR count). The molecule has 0 spiro atoms. The average molecular weight is 382 g/mol. The minimum absolute atomic E-state index is 0.0351. The van der Waals surface area contributed by atoms with Gasteiger partial charge in [0.1, 0.15) is 5.76 Å². The summed E-state index contributed by atoms with van der Waals surface area (Å²) in [6.07, 6.45) is 0. The number of hydrogen-bond acceptors (Lipinski definition) is 5. The number of rotatable bonds is 6. The number of carbonyl (C=O) groups excluding carboxylic acids is 1. The minimum atomic E-state index is -0.0351. The number of nitrogens with one attached hydrogen (secondary N) is 2. The maximum atomic E-state index is 11.9. The summed E-state index contributed by atoms with van der Waals surface area (Å²) < 4.78 is 5.80. The number of hydrogen-bond donors (Lipinski definition) is 2. The molecule has 7 heteroatoms. The number of aryl methyl sites for hydroxylation is 1. The Hall–Kier alpha value is -2.64. The van der Waals surface area contributed by atoms with Gasteiger partial charge in [0.2, 0.25) is 5.89 Å². The molecule has 1 fully saturated rings. The molecule has 0 aliphatic carbocycles. The molecule has 3 aromatic rings. The lowest BCUT2D eigenvalue weighted by Gasteiger charge is -2.18. The molecule has 1 saturated heterocycles. The van der Waals surface area contributed by atoms with Crippen molar-refractivity contribution in [3.8, 4) is 10.8 Å². The summed E-state index contributed by atoms with van der Waals surface area (Å²) in [5, 5.41) is 8.36. The van der Waals surface area contributed by atoms with E-state index in [1.54, 1.807) is 16.2 Å². The lowest BCUT2D eigenvalue weighted by atomic mass is 10.1. The molecule has 6 nitrogen and oxygen atoms in total. The van der Waals surface area contributed by atoms with Crippen LogP contribution in [0, 0.1) is 6.92 Å². The molecule has 0 radical (unpaired) electrons. The van der Waals surface area contributed by atoms with Gasteiger partial charge in [-0.1, -0.05) is 18.2 Å². The van der Waals surface area contributed by atoms with Crippen molar-refractivity contribution >= 4 is 23.1 Å². The van der Waals surface area contributed by atoms with E-state index in [-0.39, 0.29) is 12.1 Å². The molecule has 27 heavy (non-hydrogen) atoms. The Kier molecular flexibility index (Phi) is 4.96. The van der Waals surface area contributed by atoms with Gasteiger partial charge in [-0.3, -0.25) is 4.90 Å². The van der Waals surface area contributed by atoms with E-state index in [2.05, 4.69) is 34.7 Å². The van der Waals surface area contributed by atoms with E-state index in [0.717, 1.165) is 27.6 Å². The van der Waals surface area contributed by atoms with Gasteiger partial charge in [0.05, 0.1) is 10.6 Å². The van der Waals surface area contributed by atoms with Gasteiger partial charge < -0.3 is 15.1 Å². The predicted octanol–water partition coefficient (Wildman–Crippen LogP) is 4.09. The monoisotopic (exact) mass is 382 g/mol. The number of amides is 2. The summed E-state index contributed by atoms with van der Waals surface area (Å²) in [6, 6.07) is 12.2. The van der Waals surface area contributed by atoms with Crippen LogP contribution in [0.3, 0.4) is 0 Å². The molecule has 0 saturated carbocycles. The van der Waals surface area contributed by atoms with E-state index >= 15 is 0 Å². The van der Waals surface area contributed by atoms with Crippen molar-refractivity contribution < 1.29 is 9.21 Å². The summed E-state index contributed by atoms with van der Waals surface area (Å²) in [5.41, 5.74) is 2.97. The molecule has 1 atom stereocenters. The Morgan fingerprint density at radius 3 is 3.00 bits per heavy atom. The van der Waals surface area contributed by atoms with Crippen LogP contribution in [-0.2, 0) is 6.54 Å². The first-order valence-corrected chi connectivity index (χ1v) is 9.88. The minimum Gasteiger partial charge on any atom is -0.440 e. The van der Waals surface area contributed by atoms with Crippen molar-refractivity contribution in [3.63, 3.8) is 0 Å². The Bertz CT molecular complexity index is 935. The molecule has 2 N–H and O–H groups in total. The zero-order chi connectivity index (χ0) is 18.8. The Labute approximate surface area is 162 Å². The van der Waals surface area contributed by atoms with Crippen LogP contribution in [0.15, 0.2) is 46.2 Å². The van der Waals surface area contributed by atoms with Crippen LogP contribution in [-0.4, -0.2) is 24.1 Å². The summed E-state index contributed by atoms with van der Waals surface area (Å²) >= 11 is 1.62. The van der Waals surface area contributed by atoms with Crippen LogP contribution in [0.2, 0.25) is 0 Å². The van der Waals surface area contributed by atoms with E-state index in [1.807, 2.05) is 36.6 Å². The molecule has 2 aromatic heterocycles. The second kappa shape index (κ2) is 7.54. The average Bonchev–Trinajstić information content (AvgIpc) is 3.41. The van der Waals surface area contributed by atoms with Crippen molar-refractivity contribution in [1.29, 1.82) is 0 Å². The number of anilines is 1. The summed E-state index contributed by atoms with van der Waals surface area (Å²) in [6.45, 7) is 6.07. The highest BCUT2D eigenvalue weighted by Crippen LogP contribution is 2.26. The Balaban J connectivity index is 1.44. The number of nitrogens with zero attached hydrogens (tertiary/aromatic N) is 2. The fourth-order valence-electron chi connectivity index (χ4n) is 3.15. The van der Waals surface area contributed by atoms with Crippen LogP contribution < -0.4 is 15.5 Å². The summed E-state index contributed by atoms with van der Waals surface area (Å²) in [4.78, 5) is 19.3. The van der Waals surface area contributed by atoms with Crippen molar-refractivity contribution in [2.24, 2.45) is 0 Å². The molecule has 0 bridgehead atoms. The van der Waals surface area contributed by atoms with Crippen molar-refractivity contribution in [1.82, 2.24) is 15.6 Å². The molecule has 2 amide bonds. The fourth-order valence-corrected chi connectivity index (χ4v) is 3.79. The molecular weight excluding hydrogens is 360 g/mol. The fraction of sp³-hybridized carbons (Fsp3) is 0.300. The Morgan fingerprint density at radius 1 is 1.37 bits per heavy atom. The highest BCUT2D eigenvalue weighted by Gasteiger charge is 2.21. The van der Waals surface area contributed by atoms with Gasteiger partial charge in [-0.15, -0.1) is 11.3 Å². The third-order valence-electron chi connectivity index (χ3n) is 4.74. The van der Waals surface area contributed by atoms with Gasteiger partial charge in [0.25, 0.3) is 0 Å². The predicted molar refractivity (Wildman–Crippen MR) is 107 cm³/mol. The molecule has 1 aromatic carbocycles. The van der Waals surface area contributed by atoms with Crippen molar-refractivity contribution in [2.45, 2.75) is 26.4 Å². The van der Waals surface area contributed by atoms with Crippen molar-refractivity contribution in [3.05, 3.63) is 58.8 Å². The van der Waals surface area contributed by atoms with Gasteiger partial charge in [-0.05, 0) is 43.0 Å². The lowest BCUT2D eigenvalue weighted by molar-refractivity contribution is 0.252. The largest absolute Gasteiger partial charge is 0.440 e. The first kappa shape index (κ1) is 17.8. The maximum absolute atomic E-state index is 11.9. The number of oxazole rings is 1. The van der Waals surface area contributed by atoms with E-state index < -0.39 is 0 Å². The molecule has 140 valence electrons. The number of urea groups is 1. The van der Waals surface area contributed by atoms with Gasteiger partial charge in [-0.25, -0.2) is 9.78 Å². The standard InChI is InChI=1S/C20H22N4O2S/c1-13(15-5-3-6-16(11-15)24-9-8-21-20(24)25)22-12-17-14(2)26-19(23-17)18-7-4-10-27-18/h3-7,10-11,13,22H,8-9,12H2,1-2H3,(H,21,25). The summed E-state index contributed by atoms with van der Waals surface area (Å²) in [7, 11) is 0. The molecule has 1 aliphatic heterocycles. The zero-order valence-corrected chi connectivity index (χ0v) is 16.2. The third-order valence-corrected chi connectivity index (χ3v) is 5.60. The molecule has 1 aliphatic rings. The van der Waals surface area contributed by atoms with Crippen LogP contribution in [0.4, 0.5) is 10.5 Å². The topological polar surface area (TPSA) is 70.4 Å². The van der Waals surface area contributed by atoms with Crippen LogP contribution >= 0.6 is 11.3 Å². The SMILES string of the molecule is Cc1oc(-c2cccs2)nc1CNC(C)c1cccc(N2CCNC2=O)c1.